The third kappa shape index (κ3) is 1.94. The van der Waals surface area contributed by atoms with Gasteiger partial charge in [-0.15, -0.1) is 11.8 Å². The van der Waals surface area contributed by atoms with E-state index in [1.54, 1.807) is 13.0 Å². The van der Waals surface area contributed by atoms with Crippen molar-refractivity contribution in [1.29, 1.82) is 0 Å². The maximum Gasteiger partial charge on any atom is 0.373 e. The van der Waals surface area contributed by atoms with Crippen molar-refractivity contribution in [3.63, 3.8) is 0 Å². The molecular weight excluding hydrogens is 176 g/mol. The highest BCUT2D eigenvalue weighted by Gasteiger charge is 2.07. The smallest absolute Gasteiger partial charge is 0.373 e. The van der Waals surface area contributed by atoms with E-state index in [4.69, 9.17) is 5.11 Å². The zero-order valence-corrected chi connectivity index (χ0v) is 7.55. The monoisotopic (exact) mass is 184 g/mol. The molecule has 1 heterocycles. The molecule has 5 heteroatoms. The van der Waals surface area contributed by atoms with Gasteiger partial charge in [0.2, 0.25) is 5.82 Å². The lowest BCUT2D eigenvalue weighted by atomic mass is 10.4. The number of carboxylic acids is 1. The van der Waals surface area contributed by atoms with Crippen molar-refractivity contribution in [2.24, 2.45) is 0 Å². The highest BCUT2D eigenvalue weighted by atomic mass is 32.2. The maximum absolute atomic E-state index is 10.5. The van der Waals surface area contributed by atoms with Gasteiger partial charge in [0.25, 0.3) is 0 Å². The molecule has 12 heavy (non-hydrogen) atoms. The Morgan fingerprint density at radius 2 is 2.25 bits per heavy atom. The summed E-state index contributed by atoms with van der Waals surface area (Å²) in [6.45, 7) is 1.74. The molecule has 0 aromatic carbocycles. The zero-order valence-electron chi connectivity index (χ0n) is 6.74. The van der Waals surface area contributed by atoms with Crippen molar-refractivity contribution in [3.8, 4) is 0 Å². The van der Waals surface area contributed by atoms with Gasteiger partial charge in [0.05, 0.1) is 0 Å². The van der Waals surface area contributed by atoms with Gasteiger partial charge in [-0.3, -0.25) is 0 Å². The van der Waals surface area contributed by atoms with E-state index in [9.17, 15) is 4.79 Å². The molecule has 0 bridgehead atoms. The predicted molar refractivity (Wildman–Crippen MR) is 45.5 cm³/mol. The number of carboxylic acid groups (broad SMARTS) is 1. The van der Waals surface area contributed by atoms with Crippen LogP contribution in [0, 0.1) is 6.92 Å². The van der Waals surface area contributed by atoms with Gasteiger partial charge < -0.3 is 5.11 Å². The number of carbonyl (C=O) groups is 1. The molecule has 0 unspecified atom stereocenters. The predicted octanol–water partition coefficient (Wildman–Crippen LogP) is 1.21. The summed E-state index contributed by atoms with van der Waals surface area (Å²) in [5.41, 5.74) is 0.673. The van der Waals surface area contributed by atoms with Crippen LogP contribution in [-0.2, 0) is 0 Å². The minimum absolute atomic E-state index is 0.139. The topological polar surface area (TPSA) is 63.1 Å². The highest BCUT2D eigenvalue weighted by molar-refractivity contribution is 7.98. The van der Waals surface area contributed by atoms with Gasteiger partial charge in [-0.2, -0.15) is 0 Å². The molecule has 0 spiro atoms. The van der Waals surface area contributed by atoms with E-state index in [1.807, 2.05) is 6.26 Å². The Balaban J connectivity index is 3.15. The summed E-state index contributed by atoms with van der Waals surface area (Å²) < 4.78 is 0. The number of hydrogen-bond acceptors (Lipinski definition) is 4. The molecular formula is C7H8N2O2S. The van der Waals surface area contributed by atoms with Crippen LogP contribution in [0.4, 0.5) is 0 Å². The summed E-state index contributed by atoms with van der Waals surface area (Å²) in [4.78, 5) is 18.0. The lowest BCUT2D eigenvalue weighted by Crippen LogP contribution is -2.05. The van der Waals surface area contributed by atoms with E-state index in [1.165, 1.54) is 11.8 Å². The summed E-state index contributed by atoms with van der Waals surface area (Å²) in [5, 5.41) is 9.28. The number of rotatable bonds is 2. The second-order valence-electron chi connectivity index (χ2n) is 2.18. The fourth-order valence-corrected chi connectivity index (χ4v) is 1.21. The normalized spacial score (nSPS) is 9.83. The first kappa shape index (κ1) is 8.99. The van der Waals surface area contributed by atoms with Crippen LogP contribution in [0.15, 0.2) is 11.1 Å². The van der Waals surface area contributed by atoms with Crippen LogP contribution in [0.25, 0.3) is 0 Å². The SMILES string of the molecule is CSc1cc(C)nc(C(=O)O)n1. The fourth-order valence-electron chi connectivity index (χ4n) is 0.740. The van der Waals surface area contributed by atoms with Crippen LogP contribution in [0.5, 0.6) is 0 Å². The largest absolute Gasteiger partial charge is 0.475 e. The Bertz CT molecular complexity index is 314. The summed E-state index contributed by atoms with van der Waals surface area (Å²) in [7, 11) is 0. The second-order valence-corrected chi connectivity index (χ2v) is 3.01. The molecule has 0 aliphatic rings. The van der Waals surface area contributed by atoms with Gasteiger partial charge in [-0.1, -0.05) is 0 Å². The highest BCUT2D eigenvalue weighted by Crippen LogP contribution is 2.11. The Hall–Kier alpha value is -1.10. The van der Waals surface area contributed by atoms with Gasteiger partial charge in [0.15, 0.2) is 0 Å². The molecule has 0 saturated heterocycles. The molecule has 1 N–H and O–H groups in total. The van der Waals surface area contributed by atoms with E-state index in [0.717, 1.165) is 0 Å². The Labute approximate surface area is 74.0 Å². The molecule has 0 amide bonds. The number of aromatic nitrogens is 2. The third-order valence-corrected chi connectivity index (χ3v) is 1.86. The molecule has 1 aromatic heterocycles. The summed E-state index contributed by atoms with van der Waals surface area (Å²) in [6.07, 6.45) is 1.84. The van der Waals surface area contributed by atoms with E-state index >= 15 is 0 Å². The Kier molecular flexibility index (Phi) is 2.65. The quantitative estimate of drug-likeness (QED) is 0.552. The van der Waals surface area contributed by atoms with Crippen LogP contribution in [0.3, 0.4) is 0 Å². The van der Waals surface area contributed by atoms with Crippen molar-refractivity contribution in [2.75, 3.05) is 6.26 Å². The molecule has 0 atom stereocenters. The first-order chi connectivity index (χ1) is 5.63. The van der Waals surface area contributed by atoms with Gasteiger partial charge in [0.1, 0.15) is 5.03 Å². The summed E-state index contributed by atoms with van der Waals surface area (Å²) >= 11 is 1.40. The van der Waals surface area contributed by atoms with Crippen molar-refractivity contribution >= 4 is 17.7 Å². The lowest BCUT2D eigenvalue weighted by molar-refractivity contribution is 0.0682. The number of thioether (sulfide) groups is 1. The van der Waals surface area contributed by atoms with Crippen LogP contribution < -0.4 is 0 Å². The van der Waals surface area contributed by atoms with Crippen LogP contribution in [0.2, 0.25) is 0 Å². The first-order valence-corrected chi connectivity index (χ1v) is 4.49. The van der Waals surface area contributed by atoms with Crippen LogP contribution in [-0.4, -0.2) is 27.3 Å². The third-order valence-electron chi connectivity index (χ3n) is 1.23. The number of hydrogen-bond donors (Lipinski definition) is 1. The molecule has 0 radical (unpaired) electrons. The molecule has 0 aliphatic heterocycles. The molecule has 0 saturated carbocycles. The summed E-state index contributed by atoms with van der Waals surface area (Å²) in [6, 6.07) is 1.75. The minimum Gasteiger partial charge on any atom is -0.475 e. The van der Waals surface area contributed by atoms with Gasteiger partial charge in [-0.05, 0) is 19.2 Å². The molecule has 0 aliphatic carbocycles. The average molecular weight is 184 g/mol. The van der Waals surface area contributed by atoms with E-state index in [2.05, 4.69) is 9.97 Å². The number of nitrogens with zero attached hydrogens (tertiary/aromatic N) is 2. The van der Waals surface area contributed by atoms with Gasteiger partial charge in [-0.25, -0.2) is 14.8 Å². The van der Waals surface area contributed by atoms with Crippen molar-refractivity contribution in [3.05, 3.63) is 17.6 Å². The zero-order chi connectivity index (χ0) is 9.14. The van der Waals surface area contributed by atoms with Crippen LogP contribution >= 0.6 is 11.8 Å². The maximum atomic E-state index is 10.5. The van der Waals surface area contributed by atoms with Crippen LogP contribution in [0.1, 0.15) is 16.3 Å². The Morgan fingerprint density at radius 3 is 2.75 bits per heavy atom. The molecule has 0 fully saturated rings. The molecule has 1 rings (SSSR count). The Morgan fingerprint density at radius 1 is 1.58 bits per heavy atom. The van der Waals surface area contributed by atoms with Crippen molar-refractivity contribution in [2.45, 2.75) is 11.9 Å². The van der Waals surface area contributed by atoms with E-state index in [-0.39, 0.29) is 5.82 Å². The van der Waals surface area contributed by atoms with E-state index in [0.29, 0.717) is 10.7 Å². The lowest BCUT2D eigenvalue weighted by Gasteiger charge is -1.98. The fraction of sp³-hybridized carbons (Fsp3) is 0.286. The first-order valence-electron chi connectivity index (χ1n) is 3.26. The van der Waals surface area contributed by atoms with Crippen molar-refractivity contribution < 1.29 is 9.90 Å². The van der Waals surface area contributed by atoms with Gasteiger partial charge >= 0.3 is 5.97 Å². The second kappa shape index (κ2) is 3.53. The number of aromatic carboxylic acids is 1. The summed E-state index contributed by atoms with van der Waals surface area (Å²) in [5.74, 6) is -1.23. The number of aryl methyl sites for hydroxylation is 1. The molecule has 4 nitrogen and oxygen atoms in total. The average Bonchev–Trinajstić information content (AvgIpc) is 2.03. The molecule has 1 aromatic rings. The minimum atomic E-state index is -1.09. The van der Waals surface area contributed by atoms with Gasteiger partial charge in [0, 0.05) is 5.69 Å². The standard InChI is InChI=1S/C7H8N2O2S/c1-4-3-5(12-2)9-6(8-4)7(10)11/h3H,1-2H3,(H,10,11). The van der Waals surface area contributed by atoms with E-state index < -0.39 is 5.97 Å². The molecule has 64 valence electrons. The van der Waals surface area contributed by atoms with Crippen molar-refractivity contribution in [1.82, 2.24) is 9.97 Å².